The van der Waals surface area contributed by atoms with Crippen LogP contribution in [-0.2, 0) is 28.1 Å². The maximum atomic E-state index is 13.5. The lowest BCUT2D eigenvalue weighted by molar-refractivity contribution is -0.146. The van der Waals surface area contributed by atoms with Gasteiger partial charge in [-0.1, -0.05) is 18.2 Å². The van der Waals surface area contributed by atoms with E-state index >= 15 is 0 Å². The fourth-order valence-corrected chi connectivity index (χ4v) is 4.64. The largest absolute Gasteiger partial charge is 0.468 e. The van der Waals surface area contributed by atoms with Gasteiger partial charge in [-0.15, -0.1) is 0 Å². The predicted octanol–water partition coefficient (Wildman–Crippen LogP) is 1.46. The first-order valence-corrected chi connectivity index (χ1v) is 11.5. The fraction of sp³-hybridized carbons (Fsp3) is 0.450. The predicted molar refractivity (Wildman–Crippen MR) is 116 cm³/mol. The van der Waals surface area contributed by atoms with E-state index in [0.29, 0.717) is 5.56 Å². The number of ether oxygens (including phenoxy) is 3. The van der Waals surface area contributed by atoms with Crippen molar-refractivity contribution in [3.8, 4) is 5.75 Å². The molecule has 1 unspecified atom stereocenters. The molecule has 1 aromatic carbocycles. The molecule has 1 aromatic heterocycles. The molecule has 1 saturated heterocycles. The van der Waals surface area contributed by atoms with Crippen molar-refractivity contribution in [3.05, 3.63) is 62.9 Å². The van der Waals surface area contributed by atoms with Crippen molar-refractivity contribution in [2.75, 3.05) is 20.3 Å². The lowest BCUT2D eigenvalue weighted by atomic mass is 10.1. The van der Waals surface area contributed by atoms with Crippen LogP contribution in [-0.4, -0.2) is 47.7 Å². The number of carbonyl (C=O) groups excluding carboxylic acids is 1. The number of nitrogens with one attached hydrogen (secondary N) is 2. The van der Waals surface area contributed by atoms with E-state index < -0.39 is 43.0 Å². The van der Waals surface area contributed by atoms with Crippen molar-refractivity contribution in [1.82, 2.24) is 14.6 Å². The molecule has 0 radical (unpaired) electrons. The van der Waals surface area contributed by atoms with Crippen LogP contribution in [0.4, 0.5) is 0 Å². The molecule has 0 aliphatic carbocycles. The van der Waals surface area contributed by atoms with Gasteiger partial charge in [0, 0.05) is 11.8 Å². The Labute approximate surface area is 189 Å². The second-order valence-corrected chi connectivity index (χ2v) is 9.42. The highest BCUT2D eigenvalue weighted by atomic mass is 31.2. The second kappa shape index (κ2) is 10.0. The highest BCUT2D eigenvalue weighted by molar-refractivity contribution is 7.52. The van der Waals surface area contributed by atoms with Crippen molar-refractivity contribution in [3.63, 3.8) is 0 Å². The average Bonchev–Trinajstić information content (AvgIpc) is 3.23. The standard InChI is InChI=1S/C20H26N3O9P/c1-13-10-23(19(26)21-17(13)24)15-11-29-16(31-15)12-30-33(27,22-20(2,3)18(25)28-4)32-14-8-6-5-7-9-14/h5-10,15-16H,11-12H2,1-4H3,(H,22,27)(H,21,24,26)/t15-,16-,33?/m1/s1. The Morgan fingerprint density at radius 3 is 2.67 bits per heavy atom. The summed E-state index contributed by atoms with van der Waals surface area (Å²) in [4.78, 5) is 37.9. The Morgan fingerprint density at radius 1 is 1.30 bits per heavy atom. The minimum atomic E-state index is -4.12. The molecule has 12 nitrogen and oxygen atoms in total. The number of carbonyl (C=O) groups is 1. The minimum absolute atomic E-state index is 0.00958. The van der Waals surface area contributed by atoms with Crippen LogP contribution in [0.1, 0.15) is 25.6 Å². The summed E-state index contributed by atoms with van der Waals surface area (Å²) in [6, 6.07) is 8.27. The molecule has 2 heterocycles. The molecule has 1 aliphatic rings. The average molecular weight is 483 g/mol. The number of aromatic amines is 1. The second-order valence-electron chi connectivity index (χ2n) is 7.76. The molecule has 0 bridgehead atoms. The van der Waals surface area contributed by atoms with Crippen molar-refractivity contribution in [2.45, 2.75) is 38.8 Å². The summed E-state index contributed by atoms with van der Waals surface area (Å²) in [5.74, 6) is -0.431. The lowest BCUT2D eigenvalue weighted by Crippen LogP contribution is -2.46. The number of rotatable bonds is 9. The first-order valence-electron chi connectivity index (χ1n) is 9.99. The highest BCUT2D eigenvalue weighted by Gasteiger charge is 2.41. The van der Waals surface area contributed by atoms with Crippen LogP contribution in [0.15, 0.2) is 46.1 Å². The fourth-order valence-electron chi connectivity index (χ4n) is 2.98. The number of hydrogen-bond donors (Lipinski definition) is 2. The van der Waals surface area contributed by atoms with E-state index in [1.165, 1.54) is 31.7 Å². The van der Waals surface area contributed by atoms with Crippen LogP contribution in [0.5, 0.6) is 5.75 Å². The number of aromatic nitrogens is 2. The SMILES string of the molecule is COC(=O)C(C)(C)NP(=O)(OC[C@@H]1OC[C@H](n2cc(C)c(=O)[nH]c2=O)O1)Oc1ccccc1. The Bertz CT molecular complexity index is 1150. The van der Waals surface area contributed by atoms with Gasteiger partial charge in [-0.05, 0) is 32.9 Å². The third-order valence-corrected chi connectivity index (χ3v) is 6.42. The van der Waals surface area contributed by atoms with E-state index in [-0.39, 0.29) is 19.0 Å². The molecule has 180 valence electrons. The Morgan fingerprint density at radius 2 is 2.00 bits per heavy atom. The zero-order chi connectivity index (χ0) is 24.2. The van der Waals surface area contributed by atoms with Crippen LogP contribution >= 0.6 is 7.75 Å². The quantitative estimate of drug-likeness (QED) is 0.397. The van der Waals surface area contributed by atoms with Gasteiger partial charge in [0.2, 0.25) is 0 Å². The number of benzene rings is 1. The Kier molecular flexibility index (Phi) is 7.55. The molecular formula is C20H26N3O9P. The third kappa shape index (κ3) is 6.18. The summed E-state index contributed by atoms with van der Waals surface area (Å²) >= 11 is 0. The number of methoxy groups -OCH3 is 1. The number of aryl methyl sites for hydroxylation is 1. The first-order chi connectivity index (χ1) is 15.5. The molecule has 3 atom stereocenters. The van der Waals surface area contributed by atoms with E-state index in [9.17, 15) is 18.9 Å². The van der Waals surface area contributed by atoms with Gasteiger partial charge >= 0.3 is 19.4 Å². The zero-order valence-corrected chi connectivity index (χ0v) is 19.5. The van der Waals surface area contributed by atoms with Crippen LogP contribution in [0.25, 0.3) is 0 Å². The summed E-state index contributed by atoms with van der Waals surface area (Å²) < 4.78 is 41.7. The van der Waals surface area contributed by atoms with Crippen molar-refractivity contribution >= 4 is 13.7 Å². The van der Waals surface area contributed by atoms with Crippen molar-refractivity contribution < 1.29 is 32.6 Å². The summed E-state index contributed by atoms with van der Waals surface area (Å²) in [6.45, 7) is 4.13. The maximum absolute atomic E-state index is 13.5. The number of hydrogen-bond acceptors (Lipinski definition) is 9. The van der Waals surface area contributed by atoms with Crippen LogP contribution in [0.3, 0.4) is 0 Å². The van der Waals surface area contributed by atoms with Gasteiger partial charge in [0.25, 0.3) is 5.56 Å². The van der Waals surface area contributed by atoms with E-state index in [4.69, 9.17) is 23.3 Å². The summed E-state index contributed by atoms with van der Waals surface area (Å²) in [7, 11) is -2.92. The zero-order valence-electron chi connectivity index (χ0n) is 18.6. The first kappa shape index (κ1) is 24.9. The number of H-pyrrole nitrogens is 1. The molecule has 33 heavy (non-hydrogen) atoms. The van der Waals surface area contributed by atoms with Gasteiger partial charge in [0.05, 0.1) is 13.7 Å². The number of esters is 1. The van der Waals surface area contributed by atoms with Gasteiger partial charge in [-0.3, -0.25) is 23.7 Å². The van der Waals surface area contributed by atoms with Gasteiger partial charge in [-0.25, -0.2) is 9.36 Å². The van der Waals surface area contributed by atoms with Crippen molar-refractivity contribution in [1.29, 1.82) is 0 Å². The number of para-hydroxylation sites is 1. The summed E-state index contributed by atoms with van der Waals surface area (Å²) in [5.41, 5.74) is -2.22. The molecule has 1 fully saturated rings. The normalized spacial score (nSPS) is 20.2. The minimum Gasteiger partial charge on any atom is -0.468 e. The van der Waals surface area contributed by atoms with Crippen LogP contribution < -0.4 is 20.9 Å². The van der Waals surface area contributed by atoms with Crippen LogP contribution in [0, 0.1) is 6.92 Å². The van der Waals surface area contributed by atoms with Gasteiger partial charge in [0.1, 0.15) is 17.9 Å². The molecule has 0 amide bonds. The van der Waals surface area contributed by atoms with E-state index in [0.717, 1.165) is 0 Å². The molecule has 13 heteroatoms. The summed E-state index contributed by atoms with van der Waals surface area (Å²) in [6.07, 6.45) is -0.456. The van der Waals surface area contributed by atoms with Gasteiger partial charge < -0.3 is 18.7 Å². The maximum Gasteiger partial charge on any atom is 0.459 e. The van der Waals surface area contributed by atoms with E-state index in [1.807, 2.05) is 0 Å². The molecule has 0 saturated carbocycles. The molecule has 0 spiro atoms. The van der Waals surface area contributed by atoms with E-state index in [1.54, 1.807) is 37.3 Å². The number of nitrogens with zero attached hydrogens (tertiary/aromatic N) is 1. The van der Waals surface area contributed by atoms with Gasteiger partial charge in [-0.2, -0.15) is 5.09 Å². The highest BCUT2D eigenvalue weighted by Crippen LogP contribution is 2.46. The Hall–Kier alpha value is -2.76. The molecule has 2 N–H and O–H groups in total. The Balaban J connectivity index is 1.72. The van der Waals surface area contributed by atoms with Gasteiger partial charge in [0.15, 0.2) is 12.5 Å². The molecule has 1 aliphatic heterocycles. The molecule has 3 rings (SSSR count). The molecular weight excluding hydrogens is 457 g/mol. The molecule has 2 aromatic rings. The smallest absolute Gasteiger partial charge is 0.459 e. The van der Waals surface area contributed by atoms with Crippen molar-refractivity contribution in [2.24, 2.45) is 0 Å². The monoisotopic (exact) mass is 483 g/mol. The third-order valence-electron chi connectivity index (χ3n) is 4.65. The van der Waals surface area contributed by atoms with E-state index in [2.05, 4.69) is 10.1 Å². The topological polar surface area (TPSA) is 147 Å². The van der Waals surface area contributed by atoms with Crippen LogP contribution in [0.2, 0.25) is 0 Å². The lowest BCUT2D eigenvalue weighted by Gasteiger charge is -2.29. The summed E-state index contributed by atoms with van der Waals surface area (Å²) in [5, 5.41) is 2.59.